The highest BCUT2D eigenvalue weighted by Gasteiger charge is 2.43. The summed E-state index contributed by atoms with van der Waals surface area (Å²) in [4.78, 5) is 17.1. The zero-order valence-corrected chi connectivity index (χ0v) is 17.2. The van der Waals surface area contributed by atoms with Gasteiger partial charge in [0.25, 0.3) is 0 Å². The zero-order chi connectivity index (χ0) is 18.4. The number of esters is 1. The largest absolute Gasteiger partial charge is 0.465 e. The Morgan fingerprint density at radius 1 is 1.28 bits per heavy atom. The average molecular weight is 379 g/mol. The van der Waals surface area contributed by atoms with Gasteiger partial charge in [-0.2, -0.15) is 0 Å². The normalized spacial score (nSPS) is 15.6. The molecule has 0 saturated heterocycles. The van der Waals surface area contributed by atoms with E-state index in [1.807, 2.05) is 30.3 Å². The highest BCUT2D eigenvalue weighted by molar-refractivity contribution is 7.99. The molecule has 1 heterocycles. The summed E-state index contributed by atoms with van der Waals surface area (Å²) in [7, 11) is -1.28. The lowest BCUT2D eigenvalue weighted by molar-refractivity contribution is -0.147. The maximum atomic E-state index is 12.4. The van der Waals surface area contributed by atoms with Gasteiger partial charge in [-0.15, -0.1) is 11.8 Å². The molecule has 0 aliphatic heterocycles. The number of para-hydroxylation sites is 1. The number of thioether (sulfide) groups is 1. The summed E-state index contributed by atoms with van der Waals surface area (Å²) < 4.78 is 17.2. The summed E-state index contributed by atoms with van der Waals surface area (Å²) in [6.45, 7) is 7.97. The van der Waals surface area contributed by atoms with Crippen LogP contribution in [0.25, 0.3) is 10.9 Å². The lowest BCUT2D eigenvalue weighted by Gasteiger charge is -2.33. The number of ether oxygens (including phenoxy) is 1. The Morgan fingerprint density at radius 2 is 2.00 bits per heavy atom. The number of pyridine rings is 1. The summed E-state index contributed by atoms with van der Waals surface area (Å²) in [5.41, 5.74) is 0.955. The molecule has 1 aromatic heterocycles. The molecular formula is C19H26NO3PS. The Morgan fingerprint density at radius 3 is 2.64 bits per heavy atom. The minimum absolute atomic E-state index is 0.0441. The first-order valence-electron chi connectivity index (χ1n) is 8.54. The van der Waals surface area contributed by atoms with E-state index in [-0.39, 0.29) is 17.8 Å². The van der Waals surface area contributed by atoms with Crippen LogP contribution in [-0.2, 0) is 14.1 Å². The quantitative estimate of drug-likeness (QED) is 0.379. The van der Waals surface area contributed by atoms with Crippen molar-refractivity contribution in [1.82, 2.24) is 4.98 Å². The van der Waals surface area contributed by atoms with Gasteiger partial charge in [-0.05, 0) is 37.8 Å². The van der Waals surface area contributed by atoms with E-state index in [1.165, 1.54) is 0 Å². The fourth-order valence-corrected chi connectivity index (χ4v) is 5.37. The molecule has 3 unspecified atom stereocenters. The van der Waals surface area contributed by atoms with Gasteiger partial charge >= 0.3 is 5.97 Å². The Balaban J connectivity index is 2.20. The summed E-state index contributed by atoms with van der Waals surface area (Å²) in [5, 5.41) is 1.08. The molecule has 0 aliphatic carbocycles. The molecule has 0 bridgehead atoms. The molecule has 2 rings (SSSR count). The summed E-state index contributed by atoms with van der Waals surface area (Å²) in [5.74, 6) is 0.486. The number of benzene rings is 1. The van der Waals surface area contributed by atoms with Crippen molar-refractivity contribution >= 4 is 37.1 Å². The SMILES string of the molecule is CCOC(=O)C(C)([PH2]=O)C(CSc1ccc2ccccc2n1)C(C)C. The van der Waals surface area contributed by atoms with Gasteiger partial charge in [0.15, 0.2) is 0 Å². The summed E-state index contributed by atoms with van der Waals surface area (Å²) in [6.07, 6.45) is 0. The standard InChI is InChI=1S/C19H26NO3PS/c1-5-23-18(21)19(4,24-22)15(13(2)3)12-25-17-11-10-14-8-6-7-9-16(14)20-17/h6-11,13,15H,5,12,24H2,1-4H3. The first-order valence-corrected chi connectivity index (χ1v) is 10.6. The summed E-state index contributed by atoms with van der Waals surface area (Å²) >= 11 is 1.60. The van der Waals surface area contributed by atoms with E-state index >= 15 is 0 Å². The van der Waals surface area contributed by atoms with Gasteiger partial charge in [-0.1, -0.05) is 38.1 Å². The molecule has 136 valence electrons. The van der Waals surface area contributed by atoms with Crippen molar-refractivity contribution in [3.63, 3.8) is 0 Å². The second-order valence-electron chi connectivity index (χ2n) is 6.62. The van der Waals surface area contributed by atoms with Crippen molar-refractivity contribution in [3.8, 4) is 0 Å². The van der Waals surface area contributed by atoms with Crippen molar-refractivity contribution in [3.05, 3.63) is 36.4 Å². The van der Waals surface area contributed by atoms with Gasteiger partial charge in [0.2, 0.25) is 0 Å². The fraction of sp³-hybridized carbons (Fsp3) is 0.474. The zero-order valence-electron chi connectivity index (χ0n) is 15.2. The van der Waals surface area contributed by atoms with Crippen molar-refractivity contribution < 1.29 is 14.1 Å². The molecular weight excluding hydrogens is 353 g/mol. The maximum Gasteiger partial charge on any atom is 0.319 e. The Bertz CT molecular complexity index is 752. The van der Waals surface area contributed by atoms with E-state index in [2.05, 4.69) is 24.9 Å². The van der Waals surface area contributed by atoms with Crippen LogP contribution in [0, 0.1) is 11.8 Å². The molecule has 25 heavy (non-hydrogen) atoms. The topological polar surface area (TPSA) is 56.3 Å². The number of fused-ring (bicyclic) bond motifs is 1. The van der Waals surface area contributed by atoms with Crippen LogP contribution >= 0.6 is 20.2 Å². The van der Waals surface area contributed by atoms with Crippen LogP contribution in [0.2, 0.25) is 0 Å². The minimum atomic E-state index is -1.28. The monoisotopic (exact) mass is 379 g/mol. The van der Waals surface area contributed by atoms with Crippen LogP contribution in [0.4, 0.5) is 0 Å². The van der Waals surface area contributed by atoms with Crippen molar-refractivity contribution in [1.29, 1.82) is 0 Å². The molecule has 0 aliphatic rings. The molecule has 0 N–H and O–H groups in total. The predicted molar refractivity (Wildman–Crippen MR) is 106 cm³/mol. The van der Waals surface area contributed by atoms with Gasteiger partial charge < -0.3 is 9.30 Å². The number of carbonyl (C=O) groups excluding carboxylic acids is 1. The molecule has 0 amide bonds. The van der Waals surface area contributed by atoms with Crippen molar-refractivity contribution in [2.45, 2.75) is 37.9 Å². The molecule has 4 nitrogen and oxygen atoms in total. The van der Waals surface area contributed by atoms with E-state index in [1.54, 1.807) is 25.6 Å². The maximum absolute atomic E-state index is 12.4. The highest BCUT2D eigenvalue weighted by atomic mass is 32.2. The first-order chi connectivity index (χ1) is 11.9. The second-order valence-corrected chi connectivity index (χ2v) is 9.10. The van der Waals surface area contributed by atoms with Crippen LogP contribution in [0.1, 0.15) is 27.7 Å². The van der Waals surface area contributed by atoms with Gasteiger partial charge in [-0.25, -0.2) is 4.98 Å². The molecule has 0 fully saturated rings. The molecule has 3 atom stereocenters. The number of carbonyl (C=O) groups is 1. The third-order valence-electron chi connectivity index (χ3n) is 4.52. The molecule has 6 heteroatoms. The van der Waals surface area contributed by atoms with Crippen molar-refractivity contribution in [2.75, 3.05) is 12.4 Å². The van der Waals surface area contributed by atoms with Gasteiger partial charge in [0.05, 0.1) is 25.6 Å². The number of nitrogens with zero attached hydrogens (tertiary/aromatic N) is 1. The molecule has 0 spiro atoms. The molecule has 2 aromatic rings. The third-order valence-corrected chi connectivity index (χ3v) is 6.72. The first kappa shape index (κ1) is 20.0. The van der Waals surface area contributed by atoms with E-state index in [0.717, 1.165) is 15.9 Å². The van der Waals surface area contributed by atoms with Crippen LogP contribution in [0.15, 0.2) is 41.4 Å². The van der Waals surface area contributed by atoms with Gasteiger partial charge in [0.1, 0.15) is 5.16 Å². The molecule has 0 radical (unpaired) electrons. The van der Waals surface area contributed by atoms with E-state index in [4.69, 9.17) is 4.74 Å². The number of rotatable bonds is 8. The Kier molecular flexibility index (Phi) is 7.09. The second kappa shape index (κ2) is 8.86. The number of aromatic nitrogens is 1. The molecule has 0 saturated carbocycles. The van der Waals surface area contributed by atoms with Crippen LogP contribution < -0.4 is 0 Å². The summed E-state index contributed by atoms with van der Waals surface area (Å²) in [6, 6.07) is 12.0. The van der Waals surface area contributed by atoms with E-state index in [0.29, 0.717) is 12.4 Å². The Hall–Kier alpha value is -1.32. The van der Waals surface area contributed by atoms with Gasteiger partial charge in [0, 0.05) is 11.1 Å². The van der Waals surface area contributed by atoms with E-state index in [9.17, 15) is 9.36 Å². The van der Waals surface area contributed by atoms with E-state index < -0.39 is 13.6 Å². The lowest BCUT2D eigenvalue weighted by atomic mass is 9.85. The highest BCUT2D eigenvalue weighted by Crippen LogP contribution is 2.40. The smallest absolute Gasteiger partial charge is 0.319 e. The third kappa shape index (κ3) is 4.65. The van der Waals surface area contributed by atoms with Crippen molar-refractivity contribution in [2.24, 2.45) is 11.8 Å². The van der Waals surface area contributed by atoms with Crippen LogP contribution in [0.5, 0.6) is 0 Å². The molecule has 1 aromatic carbocycles. The predicted octanol–water partition coefficient (Wildman–Crippen LogP) is 4.68. The number of hydrogen-bond donors (Lipinski definition) is 0. The number of hydrogen-bond acceptors (Lipinski definition) is 5. The Labute approximate surface area is 155 Å². The van der Waals surface area contributed by atoms with Crippen LogP contribution in [-0.4, -0.2) is 28.5 Å². The van der Waals surface area contributed by atoms with Gasteiger partial charge in [-0.3, -0.25) is 4.79 Å². The van der Waals surface area contributed by atoms with Crippen LogP contribution in [0.3, 0.4) is 0 Å². The average Bonchev–Trinajstić information content (AvgIpc) is 2.61. The minimum Gasteiger partial charge on any atom is -0.465 e. The fourth-order valence-electron chi connectivity index (χ4n) is 2.93. The lowest BCUT2D eigenvalue weighted by Crippen LogP contribution is -2.43.